The van der Waals surface area contributed by atoms with Crippen molar-refractivity contribution < 1.29 is 14.3 Å². The third kappa shape index (κ3) is 4.70. The highest BCUT2D eigenvalue weighted by Crippen LogP contribution is 2.13. The van der Waals surface area contributed by atoms with Gasteiger partial charge in [-0.2, -0.15) is 0 Å². The molecule has 1 aromatic rings. The minimum atomic E-state index is -0.692. The van der Waals surface area contributed by atoms with Crippen LogP contribution < -0.4 is 5.32 Å². The van der Waals surface area contributed by atoms with Crippen LogP contribution in [-0.4, -0.2) is 40.7 Å². The number of carbonyl (C=O) groups excluding carboxylic acids is 2. The Morgan fingerprint density at radius 3 is 2.56 bits per heavy atom. The van der Waals surface area contributed by atoms with Crippen LogP contribution in [0.4, 0.5) is 0 Å². The van der Waals surface area contributed by atoms with E-state index in [0.717, 1.165) is 5.56 Å². The van der Waals surface area contributed by atoms with Gasteiger partial charge in [-0.15, -0.1) is 0 Å². The van der Waals surface area contributed by atoms with Gasteiger partial charge in [-0.05, 0) is 12.5 Å². The molecule has 0 fully saturated rings. The molecule has 1 unspecified atom stereocenters. The van der Waals surface area contributed by atoms with Crippen LogP contribution in [0.25, 0.3) is 0 Å². The molecule has 1 N–H and O–H groups in total. The smallest absolute Gasteiger partial charge is 0.329 e. The van der Waals surface area contributed by atoms with Gasteiger partial charge in [-0.25, -0.2) is 14.8 Å². The Morgan fingerprint density at radius 1 is 1.44 bits per heavy atom. The SMILES string of the molecule is COC(=O)C(CSc1ncc(C)cn1)NC(C)=O. The van der Waals surface area contributed by atoms with E-state index in [9.17, 15) is 9.59 Å². The number of nitrogens with one attached hydrogen (secondary N) is 1. The van der Waals surface area contributed by atoms with Gasteiger partial charge in [0, 0.05) is 25.1 Å². The largest absolute Gasteiger partial charge is 0.467 e. The van der Waals surface area contributed by atoms with E-state index >= 15 is 0 Å². The van der Waals surface area contributed by atoms with Crippen molar-refractivity contribution >= 4 is 23.6 Å². The van der Waals surface area contributed by atoms with Crippen LogP contribution in [0.15, 0.2) is 17.6 Å². The summed E-state index contributed by atoms with van der Waals surface area (Å²) in [6, 6.07) is -0.692. The van der Waals surface area contributed by atoms with E-state index in [2.05, 4.69) is 20.0 Å². The summed E-state index contributed by atoms with van der Waals surface area (Å²) in [5, 5.41) is 3.08. The molecule has 1 rings (SSSR count). The van der Waals surface area contributed by atoms with Gasteiger partial charge in [0.05, 0.1) is 7.11 Å². The fraction of sp³-hybridized carbons (Fsp3) is 0.455. The minimum absolute atomic E-state index is 0.282. The first-order valence-corrected chi connectivity index (χ1v) is 6.28. The van der Waals surface area contributed by atoms with Crippen molar-refractivity contribution in [2.45, 2.75) is 25.0 Å². The highest BCUT2D eigenvalue weighted by Gasteiger charge is 2.20. The number of hydrogen-bond acceptors (Lipinski definition) is 6. The number of methoxy groups -OCH3 is 1. The second-order valence-corrected chi connectivity index (χ2v) is 4.62. The highest BCUT2D eigenvalue weighted by molar-refractivity contribution is 7.99. The molecular weight excluding hydrogens is 254 g/mol. The number of esters is 1. The van der Waals surface area contributed by atoms with Gasteiger partial charge in [-0.3, -0.25) is 4.79 Å². The summed E-state index contributed by atoms with van der Waals surface area (Å²) in [4.78, 5) is 30.6. The highest BCUT2D eigenvalue weighted by atomic mass is 32.2. The van der Waals surface area contributed by atoms with Crippen molar-refractivity contribution in [2.75, 3.05) is 12.9 Å². The van der Waals surface area contributed by atoms with E-state index < -0.39 is 12.0 Å². The lowest BCUT2D eigenvalue weighted by Gasteiger charge is -2.14. The standard InChI is InChI=1S/C11H15N3O3S/c1-7-4-12-11(13-5-7)18-6-9(10(16)17-3)14-8(2)15/h4-5,9H,6H2,1-3H3,(H,14,15). The Balaban J connectivity index is 2.58. The van der Waals surface area contributed by atoms with Crippen LogP contribution in [0.1, 0.15) is 12.5 Å². The molecule has 1 amide bonds. The average molecular weight is 269 g/mol. The summed E-state index contributed by atoms with van der Waals surface area (Å²) in [5.74, 6) is -0.435. The topological polar surface area (TPSA) is 81.2 Å². The summed E-state index contributed by atoms with van der Waals surface area (Å²) < 4.78 is 4.61. The zero-order valence-electron chi connectivity index (χ0n) is 10.5. The third-order valence-corrected chi connectivity index (χ3v) is 2.97. The summed E-state index contributed by atoms with van der Waals surface area (Å²) in [6.45, 7) is 3.24. The van der Waals surface area contributed by atoms with Gasteiger partial charge in [0.15, 0.2) is 5.16 Å². The molecule has 0 aromatic carbocycles. The maximum absolute atomic E-state index is 11.4. The van der Waals surface area contributed by atoms with Crippen LogP contribution in [0.5, 0.6) is 0 Å². The number of thioether (sulfide) groups is 1. The van der Waals surface area contributed by atoms with Gasteiger partial charge >= 0.3 is 5.97 Å². The summed E-state index contributed by atoms with van der Waals surface area (Å²) in [6.07, 6.45) is 3.39. The Kier molecular flexibility index (Phi) is 5.57. The maximum Gasteiger partial charge on any atom is 0.329 e. The molecule has 0 saturated heterocycles. The van der Waals surface area contributed by atoms with E-state index in [1.165, 1.54) is 25.8 Å². The zero-order chi connectivity index (χ0) is 13.5. The van der Waals surface area contributed by atoms with E-state index in [-0.39, 0.29) is 5.91 Å². The predicted octanol–water partition coefficient (Wildman–Crippen LogP) is 0.555. The number of rotatable bonds is 5. The number of aryl methyl sites for hydroxylation is 1. The van der Waals surface area contributed by atoms with Crippen LogP contribution in [0.2, 0.25) is 0 Å². The zero-order valence-corrected chi connectivity index (χ0v) is 11.3. The Morgan fingerprint density at radius 2 is 2.06 bits per heavy atom. The molecule has 6 nitrogen and oxygen atoms in total. The molecule has 0 aliphatic carbocycles. The monoisotopic (exact) mass is 269 g/mol. The van der Waals surface area contributed by atoms with Crippen molar-refractivity contribution in [3.8, 4) is 0 Å². The fourth-order valence-electron chi connectivity index (χ4n) is 1.17. The molecule has 0 saturated carbocycles. The minimum Gasteiger partial charge on any atom is -0.467 e. The quantitative estimate of drug-likeness (QED) is 0.478. The first-order valence-electron chi connectivity index (χ1n) is 5.29. The molecule has 0 aliphatic heterocycles. The Bertz CT molecular complexity index is 422. The van der Waals surface area contributed by atoms with Gasteiger partial charge in [0.2, 0.25) is 5.91 Å². The molecule has 0 radical (unpaired) electrons. The van der Waals surface area contributed by atoms with Gasteiger partial charge < -0.3 is 10.1 Å². The molecule has 1 heterocycles. The van der Waals surface area contributed by atoms with Gasteiger partial charge in [0.25, 0.3) is 0 Å². The van der Waals surface area contributed by atoms with Crippen molar-refractivity contribution in [1.82, 2.24) is 15.3 Å². The fourth-order valence-corrected chi connectivity index (χ4v) is 1.96. The number of hydrogen-bond donors (Lipinski definition) is 1. The maximum atomic E-state index is 11.4. The molecule has 1 atom stereocenters. The van der Waals surface area contributed by atoms with Crippen LogP contribution in [-0.2, 0) is 14.3 Å². The van der Waals surface area contributed by atoms with E-state index in [4.69, 9.17) is 0 Å². The summed E-state index contributed by atoms with van der Waals surface area (Å²) >= 11 is 1.29. The average Bonchev–Trinajstić information content (AvgIpc) is 2.35. The molecule has 7 heteroatoms. The van der Waals surface area contributed by atoms with E-state index in [1.807, 2.05) is 6.92 Å². The van der Waals surface area contributed by atoms with E-state index in [0.29, 0.717) is 10.9 Å². The Hall–Kier alpha value is -1.63. The molecule has 0 aliphatic rings. The second kappa shape index (κ2) is 6.95. The lowest BCUT2D eigenvalue weighted by Crippen LogP contribution is -2.42. The molecule has 18 heavy (non-hydrogen) atoms. The molecule has 1 aromatic heterocycles. The predicted molar refractivity (Wildman–Crippen MR) is 67.1 cm³/mol. The summed E-state index contributed by atoms with van der Waals surface area (Å²) in [7, 11) is 1.28. The van der Waals surface area contributed by atoms with Gasteiger partial charge in [-0.1, -0.05) is 11.8 Å². The molecule has 98 valence electrons. The number of aromatic nitrogens is 2. The Labute approximate surface area is 110 Å². The van der Waals surface area contributed by atoms with E-state index in [1.54, 1.807) is 12.4 Å². The number of ether oxygens (including phenoxy) is 1. The first-order chi connectivity index (χ1) is 8.52. The van der Waals surface area contributed by atoms with Crippen molar-refractivity contribution in [2.24, 2.45) is 0 Å². The first kappa shape index (κ1) is 14.4. The molecular formula is C11H15N3O3S. The molecule has 0 bridgehead atoms. The normalized spacial score (nSPS) is 11.7. The third-order valence-electron chi connectivity index (χ3n) is 2.00. The van der Waals surface area contributed by atoms with Crippen LogP contribution in [0.3, 0.4) is 0 Å². The lowest BCUT2D eigenvalue weighted by atomic mass is 10.3. The van der Waals surface area contributed by atoms with Crippen molar-refractivity contribution in [3.63, 3.8) is 0 Å². The van der Waals surface area contributed by atoms with Gasteiger partial charge in [0.1, 0.15) is 6.04 Å². The number of carbonyl (C=O) groups is 2. The number of amides is 1. The number of nitrogens with zero attached hydrogens (tertiary/aromatic N) is 2. The second-order valence-electron chi connectivity index (χ2n) is 3.63. The van der Waals surface area contributed by atoms with Crippen LogP contribution in [0, 0.1) is 6.92 Å². The van der Waals surface area contributed by atoms with Crippen molar-refractivity contribution in [3.05, 3.63) is 18.0 Å². The lowest BCUT2D eigenvalue weighted by molar-refractivity contribution is -0.144. The van der Waals surface area contributed by atoms with Crippen molar-refractivity contribution in [1.29, 1.82) is 0 Å². The molecule has 0 spiro atoms. The summed E-state index contributed by atoms with van der Waals surface area (Å²) in [5.41, 5.74) is 0.964. The van der Waals surface area contributed by atoms with Crippen LogP contribution >= 0.6 is 11.8 Å².